The van der Waals surface area contributed by atoms with Crippen molar-refractivity contribution >= 4 is 34.5 Å². The molecule has 0 saturated carbocycles. The Morgan fingerprint density at radius 2 is 1.97 bits per heavy atom. The molecule has 0 radical (unpaired) electrons. The molecule has 0 unspecified atom stereocenters. The maximum absolute atomic E-state index is 13.1. The Hall–Kier alpha value is -3.53. The minimum atomic E-state index is -0.393. The van der Waals surface area contributed by atoms with Gasteiger partial charge in [-0.05, 0) is 36.2 Å². The lowest BCUT2D eigenvalue weighted by Gasteiger charge is -2.08. The first-order valence-electron chi connectivity index (χ1n) is 9.49. The second-order valence-electron chi connectivity index (χ2n) is 6.91. The number of aryl methyl sites for hydroxylation is 1. The zero-order valence-corrected chi connectivity index (χ0v) is 17.4. The molecule has 0 aliphatic rings. The lowest BCUT2D eigenvalue weighted by molar-refractivity contribution is -0.113. The lowest BCUT2D eigenvalue weighted by Crippen LogP contribution is -2.16. The van der Waals surface area contributed by atoms with Crippen molar-refractivity contribution in [1.82, 2.24) is 25.0 Å². The van der Waals surface area contributed by atoms with E-state index in [0.29, 0.717) is 23.8 Å². The zero-order chi connectivity index (χ0) is 21.8. The third kappa shape index (κ3) is 4.97. The van der Waals surface area contributed by atoms with Crippen molar-refractivity contribution in [2.45, 2.75) is 19.2 Å². The molecule has 0 fully saturated rings. The minimum Gasteiger partial charge on any atom is -0.325 e. The average molecular weight is 438 g/mol. The Morgan fingerprint density at radius 1 is 1.19 bits per heavy atom. The smallest absolute Gasteiger partial charge is 0.281 e. The number of amides is 1. The maximum Gasteiger partial charge on any atom is 0.281 e. The summed E-state index contributed by atoms with van der Waals surface area (Å²) >= 11 is 1.33. The number of fused-ring (bicyclic) bond motifs is 1. The topological polar surface area (TPSA) is 106 Å². The lowest BCUT2D eigenvalue weighted by atomic mass is 10.2. The number of rotatable bonds is 7. The molecule has 2 N–H and O–H groups in total. The summed E-state index contributed by atoms with van der Waals surface area (Å²) in [5.74, 6) is 0.518. The Morgan fingerprint density at radius 3 is 2.74 bits per heavy atom. The van der Waals surface area contributed by atoms with Crippen LogP contribution in [-0.2, 0) is 17.1 Å². The van der Waals surface area contributed by atoms with E-state index in [9.17, 15) is 14.0 Å². The average Bonchev–Trinajstić information content (AvgIpc) is 3.15. The van der Waals surface area contributed by atoms with E-state index in [1.165, 1.54) is 28.6 Å². The highest BCUT2D eigenvalue weighted by Crippen LogP contribution is 2.15. The number of benzene rings is 2. The molecule has 158 valence electrons. The molecule has 4 rings (SSSR count). The summed E-state index contributed by atoms with van der Waals surface area (Å²) in [6, 6.07) is 13.5. The molecule has 31 heavy (non-hydrogen) atoms. The third-order valence-corrected chi connectivity index (χ3v) is 5.50. The molecule has 1 amide bonds. The van der Waals surface area contributed by atoms with E-state index in [-0.39, 0.29) is 23.0 Å². The van der Waals surface area contributed by atoms with Crippen LogP contribution in [0.5, 0.6) is 0 Å². The maximum atomic E-state index is 13.1. The molecule has 10 heteroatoms. The number of aromatic amines is 1. The van der Waals surface area contributed by atoms with Crippen LogP contribution in [0.1, 0.15) is 17.0 Å². The number of hydrogen-bond donors (Lipinski definition) is 2. The second-order valence-corrected chi connectivity index (χ2v) is 7.90. The number of thioether (sulfide) groups is 1. The van der Waals surface area contributed by atoms with E-state index >= 15 is 0 Å². The first-order chi connectivity index (χ1) is 15.0. The summed E-state index contributed by atoms with van der Waals surface area (Å²) in [5, 5.41) is 10.8. The number of hydrogen-bond acceptors (Lipinski definition) is 6. The van der Waals surface area contributed by atoms with Crippen LogP contribution >= 0.6 is 11.8 Å². The molecular formula is C21H19FN6O2S. The largest absolute Gasteiger partial charge is 0.325 e. The second kappa shape index (κ2) is 9.09. The quantitative estimate of drug-likeness (QED) is 0.460. The van der Waals surface area contributed by atoms with Gasteiger partial charge in [0, 0.05) is 5.69 Å². The Bertz CT molecular complexity index is 1290. The number of carbonyl (C=O) groups is 1. The number of para-hydroxylation sites is 1. The molecule has 0 bridgehead atoms. The van der Waals surface area contributed by atoms with E-state index < -0.39 is 5.56 Å². The normalized spacial score (nSPS) is 11.0. The predicted molar refractivity (Wildman–Crippen MR) is 117 cm³/mol. The van der Waals surface area contributed by atoms with Gasteiger partial charge in [0.25, 0.3) is 5.56 Å². The van der Waals surface area contributed by atoms with Crippen LogP contribution in [0.4, 0.5) is 10.1 Å². The van der Waals surface area contributed by atoms with Crippen LogP contribution in [0.2, 0.25) is 0 Å². The highest BCUT2D eigenvalue weighted by Gasteiger charge is 2.13. The fourth-order valence-electron chi connectivity index (χ4n) is 2.99. The number of nitrogens with zero attached hydrogens (tertiary/aromatic N) is 4. The summed E-state index contributed by atoms with van der Waals surface area (Å²) in [7, 11) is 0. The Kier molecular flexibility index (Phi) is 6.08. The molecule has 2 aromatic carbocycles. The molecule has 0 spiro atoms. The standard InChI is InChI=1S/C21H19FN6O2S/c1-13-4-2-3-5-16(13)23-18(29)12-31-11-17-24-20-19(21(30)25-17)26-27-28(20)10-14-6-8-15(22)9-7-14/h2-9H,10-12H2,1H3,(H,23,29)(H,24,25,30). The van der Waals surface area contributed by atoms with E-state index in [1.54, 1.807) is 12.1 Å². The summed E-state index contributed by atoms with van der Waals surface area (Å²) in [4.78, 5) is 31.7. The van der Waals surface area contributed by atoms with Crippen molar-refractivity contribution in [3.63, 3.8) is 0 Å². The first kappa shape index (κ1) is 20.7. The van der Waals surface area contributed by atoms with Gasteiger partial charge in [-0.15, -0.1) is 16.9 Å². The van der Waals surface area contributed by atoms with Crippen LogP contribution in [0.25, 0.3) is 11.2 Å². The fourth-order valence-corrected chi connectivity index (χ4v) is 3.68. The fraction of sp³-hybridized carbons (Fsp3) is 0.190. The monoisotopic (exact) mass is 438 g/mol. The van der Waals surface area contributed by atoms with Crippen LogP contribution in [0, 0.1) is 12.7 Å². The van der Waals surface area contributed by atoms with Crippen LogP contribution in [0.15, 0.2) is 53.3 Å². The Labute approximate surface area is 180 Å². The number of anilines is 1. The van der Waals surface area contributed by atoms with Gasteiger partial charge in [-0.1, -0.05) is 35.5 Å². The van der Waals surface area contributed by atoms with Gasteiger partial charge in [0.1, 0.15) is 11.6 Å². The van der Waals surface area contributed by atoms with E-state index in [1.807, 2.05) is 31.2 Å². The first-order valence-corrected chi connectivity index (χ1v) is 10.6. The van der Waals surface area contributed by atoms with E-state index in [4.69, 9.17) is 0 Å². The molecule has 0 atom stereocenters. The number of nitrogens with one attached hydrogen (secondary N) is 2. The van der Waals surface area contributed by atoms with Gasteiger partial charge in [0.05, 0.1) is 18.1 Å². The summed E-state index contributed by atoms with van der Waals surface area (Å²) in [5.41, 5.74) is 2.65. The summed E-state index contributed by atoms with van der Waals surface area (Å²) in [6.07, 6.45) is 0. The zero-order valence-electron chi connectivity index (χ0n) is 16.6. The van der Waals surface area contributed by atoms with E-state index in [0.717, 1.165) is 16.8 Å². The van der Waals surface area contributed by atoms with Crippen LogP contribution in [-0.4, -0.2) is 36.6 Å². The van der Waals surface area contributed by atoms with Crippen molar-refractivity contribution in [1.29, 1.82) is 0 Å². The molecule has 2 heterocycles. The van der Waals surface area contributed by atoms with Crippen molar-refractivity contribution < 1.29 is 9.18 Å². The predicted octanol–water partition coefficient (Wildman–Crippen LogP) is 2.88. The summed E-state index contributed by atoms with van der Waals surface area (Å²) in [6.45, 7) is 2.23. The highest BCUT2D eigenvalue weighted by molar-refractivity contribution is 7.99. The molecule has 0 aliphatic heterocycles. The number of H-pyrrole nitrogens is 1. The molecule has 8 nitrogen and oxygen atoms in total. The van der Waals surface area contributed by atoms with Gasteiger partial charge >= 0.3 is 0 Å². The summed E-state index contributed by atoms with van der Waals surface area (Å²) < 4.78 is 14.6. The van der Waals surface area contributed by atoms with Gasteiger partial charge in [0.2, 0.25) is 5.91 Å². The van der Waals surface area contributed by atoms with Crippen molar-refractivity contribution in [2.75, 3.05) is 11.1 Å². The molecule has 2 aromatic heterocycles. The van der Waals surface area contributed by atoms with Gasteiger partial charge in [0.15, 0.2) is 11.2 Å². The van der Waals surface area contributed by atoms with Gasteiger partial charge in [-0.3, -0.25) is 9.59 Å². The van der Waals surface area contributed by atoms with Crippen molar-refractivity contribution in [3.05, 3.63) is 81.7 Å². The Balaban J connectivity index is 1.43. The SMILES string of the molecule is Cc1ccccc1NC(=O)CSCc1nc2c(nnn2Cc2ccc(F)cc2)c(=O)[nH]1. The molecule has 0 aliphatic carbocycles. The van der Waals surface area contributed by atoms with Crippen LogP contribution in [0.3, 0.4) is 0 Å². The third-order valence-electron chi connectivity index (χ3n) is 4.56. The molecule has 4 aromatic rings. The number of halogens is 1. The van der Waals surface area contributed by atoms with Crippen LogP contribution < -0.4 is 10.9 Å². The van der Waals surface area contributed by atoms with Gasteiger partial charge in [-0.25, -0.2) is 14.1 Å². The van der Waals surface area contributed by atoms with Gasteiger partial charge < -0.3 is 10.3 Å². The van der Waals surface area contributed by atoms with Gasteiger partial charge in [-0.2, -0.15) is 0 Å². The number of carbonyl (C=O) groups excluding carboxylic acids is 1. The molecule has 0 saturated heterocycles. The number of aromatic nitrogens is 5. The highest BCUT2D eigenvalue weighted by atomic mass is 32.2. The minimum absolute atomic E-state index is 0.133. The van der Waals surface area contributed by atoms with Crippen molar-refractivity contribution in [2.24, 2.45) is 0 Å². The van der Waals surface area contributed by atoms with E-state index in [2.05, 4.69) is 25.6 Å². The van der Waals surface area contributed by atoms with Crippen molar-refractivity contribution in [3.8, 4) is 0 Å². The molecular weight excluding hydrogens is 419 g/mol.